The standard InChI is InChI=1S/C12H13N3O/c13-11(14)6-8-16-10-5-1-3-9-4-2-7-15-12(9)10/h1-5,7H,6,8H2,(H3,13,14). The van der Waals surface area contributed by atoms with Gasteiger partial charge in [0.2, 0.25) is 0 Å². The molecule has 2 aromatic rings. The van der Waals surface area contributed by atoms with Crippen molar-refractivity contribution in [3.8, 4) is 5.75 Å². The summed E-state index contributed by atoms with van der Waals surface area (Å²) in [6.45, 7) is 0.408. The number of nitrogens with two attached hydrogens (primary N) is 1. The maximum atomic E-state index is 7.11. The lowest BCUT2D eigenvalue weighted by Crippen LogP contribution is -2.13. The molecule has 1 aromatic heterocycles. The molecule has 0 unspecified atom stereocenters. The number of ether oxygens (including phenoxy) is 1. The van der Waals surface area contributed by atoms with E-state index in [1.54, 1.807) is 6.20 Å². The summed E-state index contributed by atoms with van der Waals surface area (Å²) in [4.78, 5) is 4.27. The van der Waals surface area contributed by atoms with Gasteiger partial charge in [-0.15, -0.1) is 0 Å². The Morgan fingerprint density at radius 1 is 1.31 bits per heavy atom. The van der Waals surface area contributed by atoms with Crippen LogP contribution in [0.2, 0.25) is 0 Å². The van der Waals surface area contributed by atoms with Gasteiger partial charge in [-0.25, -0.2) is 0 Å². The minimum Gasteiger partial charge on any atom is -0.491 e. The highest BCUT2D eigenvalue weighted by Gasteiger charge is 2.02. The number of hydrogen-bond acceptors (Lipinski definition) is 3. The summed E-state index contributed by atoms with van der Waals surface area (Å²) < 4.78 is 5.55. The Labute approximate surface area is 93.6 Å². The van der Waals surface area contributed by atoms with Crippen LogP contribution in [0, 0.1) is 5.41 Å². The van der Waals surface area contributed by atoms with E-state index >= 15 is 0 Å². The van der Waals surface area contributed by atoms with Crippen LogP contribution >= 0.6 is 0 Å². The van der Waals surface area contributed by atoms with E-state index in [2.05, 4.69) is 4.98 Å². The molecule has 0 saturated carbocycles. The third-order valence-corrected chi connectivity index (χ3v) is 2.22. The molecule has 4 heteroatoms. The lowest BCUT2D eigenvalue weighted by atomic mass is 10.2. The number of nitrogens with zero attached hydrogens (tertiary/aromatic N) is 1. The van der Waals surface area contributed by atoms with Crippen LogP contribution in [0.4, 0.5) is 0 Å². The van der Waals surface area contributed by atoms with Gasteiger partial charge in [0, 0.05) is 18.0 Å². The molecule has 0 amide bonds. The first-order valence-electron chi connectivity index (χ1n) is 5.07. The maximum Gasteiger partial charge on any atom is 0.145 e. The zero-order valence-electron chi connectivity index (χ0n) is 8.81. The van der Waals surface area contributed by atoms with Gasteiger partial charge in [-0.2, -0.15) is 0 Å². The van der Waals surface area contributed by atoms with Crippen LogP contribution in [0.5, 0.6) is 5.75 Å². The van der Waals surface area contributed by atoms with Crippen LogP contribution < -0.4 is 10.5 Å². The average Bonchev–Trinajstić information content (AvgIpc) is 2.29. The number of pyridine rings is 1. The topological polar surface area (TPSA) is 72.0 Å². The summed E-state index contributed by atoms with van der Waals surface area (Å²) in [5.74, 6) is 0.868. The molecule has 1 aromatic carbocycles. The highest BCUT2D eigenvalue weighted by molar-refractivity contribution is 5.84. The lowest BCUT2D eigenvalue weighted by Gasteiger charge is -2.07. The molecule has 4 nitrogen and oxygen atoms in total. The van der Waals surface area contributed by atoms with Crippen molar-refractivity contribution in [1.29, 1.82) is 5.41 Å². The van der Waals surface area contributed by atoms with Crippen LogP contribution in [0.1, 0.15) is 6.42 Å². The Hall–Kier alpha value is -2.10. The van der Waals surface area contributed by atoms with Gasteiger partial charge in [0.05, 0.1) is 12.4 Å². The molecule has 1 heterocycles. The first kappa shape index (κ1) is 10.4. The van der Waals surface area contributed by atoms with Crippen molar-refractivity contribution in [2.75, 3.05) is 6.61 Å². The van der Waals surface area contributed by atoms with E-state index in [4.69, 9.17) is 15.9 Å². The van der Waals surface area contributed by atoms with E-state index in [1.165, 1.54) is 0 Å². The Bertz CT molecular complexity index is 505. The SMILES string of the molecule is N=C(N)CCOc1cccc2cccnc12. The van der Waals surface area contributed by atoms with Gasteiger partial charge in [-0.1, -0.05) is 18.2 Å². The summed E-state index contributed by atoms with van der Waals surface area (Å²) in [7, 11) is 0. The van der Waals surface area contributed by atoms with Crippen molar-refractivity contribution in [2.24, 2.45) is 5.73 Å². The molecule has 82 valence electrons. The van der Waals surface area contributed by atoms with Crippen LogP contribution in [0.25, 0.3) is 10.9 Å². The molecule has 2 rings (SSSR count). The van der Waals surface area contributed by atoms with Gasteiger partial charge >= 0.3 is 0 Å². The van der Waals surface area contributed by atoms with Gasteiger partial charge in [0.15, 0.2) is 0 Å². The molecule has 0 aliphatic rings. The number of amidine groups is 1. The first-order chi connectivity index (χ1) is 7.77. The van der Waals surface area contributed by atoms with E-state index in [0.29, 0.717) is 13.0 Å². The van der Waals surface area contributed by atoms with Crippen molar-refractivity contribution in [3.63, 3.8) is 0 Å². The van der Waals surface area contributed by atoms with Gasteiger partial charge in [0.25, 0.3) is 0 Å². The predicted molar refractivity (Wildman–Crippen MR) is 63.8 cm³/mol. The van der Waals surface area contributed by atoms with E-state index in [-0.39, 0.29) is 5.84 Å². The quantitative estimate of drug-likeness (QED) is 0.604. The van der Waals surface area contributed by atoms with Crippen molar-refractivity contribution in [3.05, 3.63) is 36.5 Å². The fraction of sp³-hybridized carbons (Fsp3) is 0.167. The minimum atomic E-state index is 0.133. The normalized spacial score (nSPS) is 10.2. The molecule has 3 N–H and O–H groups in total. The maximum absolute atomic E-state index is 7.11. The molecule has 0 bridgehead atoms. The summed E-state index contributed by atoms with van der Waals surface area (Å²) in [5, 5.41) is 8.15. The van der Waals surface area contributed by atoms with Crippen molar-refractivity contribution in [2.45, 2.75) is 6.42 Å². The summed E-state index contributed by atoms with van der Waals surface area (Å²) in [5.41, 5.74) is 6.10. The predicted octanol–water partition coefficient (Wildman–Crippen LogP) is 1.94. The molecular weight excluding hydrogens is 202 g/mol. The first-order valence-corrected chi connectivity index (χ1v) is 5.07. The molecular formula is C12H13N3O. The number of hydrogen-bond donors (Lipinski definition) is 2. The highest BCUT2D eigenvalue weighted by Crippen LogP contribution is 2.22. The smallest absolute Gasteiger partial charge is 0.145 e. The lowest BCUT2D eigenvalue weighted by molar-refractivity contribution is 0.332. The monoisotopic (exact) mass is 215 g/mol. The van der Waals surface area contributed by atoms with Crippen molar-refractivity contribution >= 4 is 16.7 Å². The number of nitrogens with one attached hydrogen (secondary N) is 1. The Balaban J connectivity index is 2.20. The van der Waals surface area contributed by atoms with Crippen LogP contribution in [0.15, 0.2) is 36.5 Å². The van der Waals surface area contributed by atoms with Crippen molar-refractivity contribution in [1.82, 2.24) is 4.98 Å². The molecule has 0 fully saturated rings. The molecule has 0 aliphatic heterocycles. The number of rotatable bonds is 4. The van der Waals surface area contributed by atoms with E-state index in [0.717, 1.165) is 16.7 Å². The number of fused-ring (bicyclic) bond motifs is 1. The fourth-order valence-corrected chi connectivity index (χ4v) is 1.46. The molecule has 0 aliphatic carbocycles. The van der Waals surface area contributed by atoms with E-state index < -0.39 is 0 Å². The summed E-state index contributed by atoms with van der Waals surface area (Å²) in [6.07, 6.45) is 2.17. The summed E-state index contributed by atoms with van der Waals surface area (Å²) >= 11 is 0. The molecule has 0 radical (unpaired) electrons. The molecule has 0 atom stereocenters. The van der Waals surface area contributed by atoms with Crippen LogP contribution in [-0.2, 0) is 0 Å². The van der Waals surface area contributed by atoms with Gasteiger partial charge in [-0.3, -0.25) is 10.4 Å². The molecule has 0 saturated heterocycles. The number of para-hydroxylation sites is 1. The second-order valence-corrected chi connectivity index (χ2v) is 3.45. The number of aromatic nitrogens is 1. The molecule has 0 spiro atoms. The minimum absolute atomic E-state index is 0.133. The van der Waals surface area contributed by atoms with Crippen LogP contribution in [-0.4, -0.2) is 17.4 Å². The second-order valence-electron chi connectivity index (χ2n) is 3.45. The zero-order valence-corrected chi connectivity index (χ0v) is 8.81. The Morgan fingerprint density at radius 2 is 2.12 bits per heavy atom. The third-order valence-electron chi connectivity index (χ3n) is 2.22. The second kappa shape index (κ2) is 4.61. The average molecular weight is 215 g/mol. The van der Waals surface area contributed by atoms with Gasteiger partial charge < -0.3 is 10.5 Å². The Morgan fingerprint density at radius 3 is 2.94 bits per heavy atom. The Kier molecular flexibility index (Phi) is 3.00. The fourth-order valence-electron chi connectivity index (χ4n) is 1.46. The van der Waals surface area contributed by atoms with E-state index in [9.17, 15) is 0 Å². The largest absolute Gasteiger partial charge is 0.491 e. The van der Waals surface area contributed by atoms with Crippen LogP contribution in [0.3, 0.4) is 0 Å². The van der Waals surface area contributed by atoms with Gasteiger partial charge in [-0.05, 0) is 12.1 Å². The number of benzene rings is 1. The zero-order chi connectivity index (χ0) is 11.4. The van der Waals surface area contributed by atoms with E-state index in [1.807, 2.05) is 30.3 Å². The summed E-state index contributed by atoms with van der Waals surface area (Å²) in [6, 6.07) is 9.66. The van der Waals surface area contributed by atoms with Gasteiger partial charge in [0.1, 0.15) is 11.3 Å². The van der Waals surface area contributed by atoms with Crippen molar-refractivity contribution < 1.29 is 4.74 Å². The third kappa shape index (κ3) is 2.28. The molecule has 16 heavy (non-hydrogen) atoms. The highest BCUT2D eigenvalue weighted by atomic mass is 16.5.